The summed E-state index contributed by atoms with van der Waals surface area (Å²) >= 11 is 4.77. The van der Waals surface area contributed by atoms with Crippen molar-refractivity contribution in [3.05, 3.63) is 91.6 Å². The van der Waals surface area contributed by atoms with Gasteiger partial charge in [0.1, 0.15) is 10.6 Å². The van der Waals surface area contributed by atoms with Crippen molar-refractivity contribution in [2.24, 2.45) is 4.99 Å². The zero-order chi connectivity index (χ0) is 22.7. The highest BCUT2D eigenvalue weighted by Crippen LogP contribution is 2.38. The standard InChI is InChI=1S/C24H20BrN3O3S/c1-3-31-24(30)21-20(16-9-11-17(25)12-10-16)14-32-22(21)26-13-19-15(2)27-28(23(19)29)18-7-5-4-6-8-18/h4-14,27H,3H2,1-2H3/b26-13+. The number of halogens is 1. The molecule has 0 saturated heterocycles. The lowest BCUT2D eigenvalue weighted by atomic mass is 10.0. The molecule has 0 amide bonds. The minimum Gasteiger partial charge on any atom is -0.462 e. The van der Waals surface area contributed by atoms with Gasteiger partial charge in [0.25, 0.3) is 5.56 Å². The molecule has 0 aliphatic heterocycles. The second-order valence-corrected chi connectivity index (χ2v) is 8.72. The lowest BCUT2D eigenvalue weighted by Crippen LogP contribution is -2.17. The summed E-state index contributed by atoms with van der Waals surface area (Å²) in [6, 6.07) is 17.0. The molecule has 2 aromatic carbocycles. The molecule has 162 valence electrons. The molecule has 0 bridgehead atoms. The molecule has 6 nitrogen and oxygen atoms in total. The first kappa shape index (κ1) is 22.0. The van der Waals surface area contributed by atoms with Crippen molar-refractivity contribution >= 4 is 44.5 Å². The lowest BCUT2D eigenvalue weighted by molar-refractivity contribution is 0.0529. The van der Waals surface area contributed by atoms with E-state index in [-0.39, 0.29) is 12.2 Å². The van der Waals surface area contributed by atoms with Crippen molar-refractivity contribution in [1.29, 1.82) is 0 Å². The number of carbonyl (C=O) groups excluding carboxylic acids is 1. The summed E-state index contributed by atoms with van der Waals surface area (Å²) in [7, 11) is 0. The first-order valence-corrected chi connectivity index (χ1v) is 11.6. The number of carbonyl (C=O) groups is 1. The Kier molecular flexibility index (Phi) is 6.53. The molecule has 4 aromatic rings. The van der Waals surface area contributed by atoms with Crippen LogP contribution in [0.25, 0.3) is 16.8 Å². The number of hydrogen-bond acceptors (Lipinski definition) is 5. The molecule has 4 rings (SSSR count). The molecule has 0 saturated carbocycles. The molecule has 2 heterocycles. The average Bonchev–Trinajstić information content (AvgIpc) is 3.34. The Bertz CT molecular complexity index is 1340. The summed E-state index contributed by atoms with van der Waals surface area (Å²) < 4.78 is 7.71. The maximum Gasteiger partial charge on any atom is 0.341 e. The molecule has 0 unspecified atom stereocenters. The van der Waals surface area contributed by atoms with Gasteiger partial charge in [0.15, 0.2) is 0 Å². The second-order valence-electron chi connectivity index (χ2n) is 6.94. The molecular formula is C24H20BrN3O3S. The Hall–Kier alpha value is -3.23. The molecule has 2 aromatic heterocycles. The summed E-state index contributed by atoms with van der Waals surface area (Å²) in [6.45, 7) is 3.84. The van der Waals surface area contributed by atoms with Gasteiger partial charge in [-0.3, -0.25) is 9.89 Å². The normalized spacial score (nSPS) is 11.2. The van der Waals surface area contributed by atoms with E-state index in [9.17, 15) is 9.59 Å². The number of aromatic nitrogens is 2. The monoisotopic (exact) mass is 509 g/mol. The number of nitrogens with one attached hydrogen (secondary N) is 1. The van der Waals surface area contributed by atoms with Crippen LogP contribution in [0.3, 0.4) is 0 Å². The topological polar surface area (TPSA) is 76.4 Å². The molecular weight excluding hydrogens is 490 g/mol. The third-order valence-electron chi connectivity index (χ3n) is 4.85. The Balaban J connectivity index is 1.75. The highest BCUT2D eigenvalue weighted by atomic mass is 79.9. The first-order chi connectivity index (χ1) is 15.5. The van der Waals surface area contributed by atoms with Crippen molar-refractivity contribution in [3.8, 4) is 16.8 Å². The number of esters is 1. The number of nitrogens with zero attached hydrogens (tertiary/aromatic N) is 2. The van der Waals surface area contributed by atoms with Crippen LogP contribution in [0.5, 0.6) is 0 Å². The van der Waals surface area contributed by atoms with Crippen molar-refractivity contribution in [3.63, 3.8) is 0 Å². The van der Waals surface area contributed by atoms with Crippen LogP contribution < -0.4 is 5.56 Å². The maximum atomic E-state index is 12.9. The maximum absolute atomic E-state index is 12.9. The number of aliphatic imine (C=N–C) groups is 1. The molecule has 8 heteroatoms. The van der Waals surface area contributed by atoms with Crippen molar-refractivity contribution in [2.45, 2.75) is 13.8 Å². The highest BCUT2D eigenvalue weighted by molar-refractivity contribution is 9.10. The third kappa shape index (κ3) is 4.37. The van der Waals surface area contributed by atoms with Gasteiger partial charge in [0, 0.05) is 27.3 Å². The minimum absolute atomic E-state index is 0.208. The van der Waals surface area contributed by atoms with Gasteiger partial charge in [-0.1, -0.05) is 46.3 Å². The fourth-order valence-electron chi connectivity index (χ4n) is 3.28. The van der Waals surface area contributed by atoms with Crippen LogP contribution in [0, 0.1) is 6.92 Å². The van der Waals surface area contributed by atoms with Crippen LogP contribution in [-0.4, -0.2) is 28.6 Å². The van der Waals surface area contributed by atoms with Crippen LogP contribution in [0.4, 0.5) is 5.00 Å². The number of hydrogen-bond donors (Lipinski definition) is 1. The Morgan fingerprint density at radius 1 is 1.19 bits per heavy atom. The van der Waals surface area contributed by atoms with Crippen molar-refractivity contribution in [2.75, 3.05) is 6.61 Å². The average molecular weight is 510 g/mol. The molecule has 0 aliphatic rings. The number of aromatic amines is 1. The summed E-state index contributed by atoms with van der Waals surface area (Å²) in [6.07, 6.45) is 1.51. The predicted molar refractivity (Wildman–Crippen MR) is 132 cm³/mol. The number of para-hydroxylation sites is 1. The van der Waals surface area contributed by atoms with Crippen molar-refractivity contribution in [1.82, 2.24) is 9.78 Å². The van der Waals surface area contributed by atoms with E-state index in [0.29, 0.717) is 21.8 Å². The van der Waals surface area contributed by atoms with Gasteiger partial charge >= 0.3 is 5.97 Å². The second kappa shape index (κ2) is 9.50. The van der Waals surface area contributed by atoms with Crippen LogP contribution in [0.1, 0.15) is 28.5 Å². The number of thiophene rings is 1. The fourth-order valence-corrected chi connectivity index (χ4v) is 4.45. The molecule has 1 N–H and O–H groups in total. The molecule has 0 atom stereocenters. The predicted octanol–water partition coefficient (Wildman–Crippen LogP) is 5.89. The SMILES string of the molecule is CCOC(=O)c1c(-c2ccc(Br)cc2)csc1/N=C/c1c(C)[nH]n(-c2ccccc2)c1=O. The van der Waals surface area contributed by atoms with Gasteiger partial charge < -0.3 is 4.74 Å². The summed E-state index contributed by atoms with van der Waals surface area (Å²) in [5.74, 6) is -0.439. The van der Waals surface area contributed by atoms with Gasteiger partial charge in [-0.15, -0.1) is 11.3 Å². The van der Waals surface area contributed by atoms with E-state index < -0.39 is 5.97 Å². The molecule has 32 heavy (non-hydrogen) atoms. The molecule has 0 aliphatic carbocycles. The van der Waals surface area contributed by atoms with Gasteiger partial charge in [-0.2, -0.15) is 0 Å². The number of H-pyrrole nitrogens is 1. The Morgan fingerprint density at radius 2 is 1.91 bits per heavy atom. The van der Waals surface area contributed by atoms with Gasteiger partial charge in [-0.25, -0.2) is 14.5 Å². The van der Waals surface area contributed by atoms with Crippen LogP contribution in [0.15, 0.2) is 74.2 Å². The number of rotatable bonds is 6. The van der Waals surface area contributed by atoms with Crippen LogP contribution >= 0.6 is 27.3 Å². The van der Waals surface area contributed by atoms with E-state index in [4.69, 9.17) is 4.74 Å². The van der Waals surface area contributed by atoms with E-state index >= 15 is 0 Å². The summed E-state index contributed by atoms with van der Waals surface area (Å²) in [5.41, 5.74) is 3.68. The molecule has 0 radical (unpaired) electrons. The largest absolute Gasteiger partial charge is 0.462 e. The van der Waals surface area contributed by atoms with E-state index in [0.717, 1.165) is 21.3 Å². The van der Waals surface area contributed by atoms with E-state index in [1.807, 2.05) is 66.9 Å². The summed E-state index contributed by atoms with van der Waals surface area (Å²) in [4.78, 5) is 30.2. The van der Waals surface area contributed by atoms with E-state index in [1.165, 1.54) is 22.2 Å². The van der Waals surface area contributed by atoms with Gasteiger partial charge in [-0.05, 0) is 43.7 Å². The van der Waals surface area contributed by atoms with Crippen LogP contribution in [0.2, 0.25) is 0 Å². The van der Waals surface area contributed by atoms with Crippen molar-refractivity contribution < 1.29 is 9.53 Å². The zero-order valence-corrected chi connectivity index (χ0v) is 19.9. The summed E-state index contributed by atoms with van der Waals surface area (Å²) in [5, 5.41) is 5.46. The lowest BCUT2D eigenvalue weighted by Gasteiger charge is -2.06. The Morgan fingerprint density at radius 3 is 2.59 bits per heavy atom. The highest BCUT2D eigenvalue weighted by Gasteiger charge is 2.21. The molecule has 0 spiro atoms. The van der Waals surface area contributed by atoms with E-state index in [1.54, 1.807) is 6.92 Å². The smallest absolute Gasteiger partial charge is 0.341 e. The number of benzene rings is 2. The minimum atomic E-state index is -0.439. The first-order valence-electron chi connectivity index (χ1n) is 9.95. The Labute approximate surface area is 197 Å². The van der Waals surface area contributed by atoms with Crippen LogP contribution in [-0.2, 0) is 4.74 Å². The third-order valence-corrected chi connectivity index (χ3v) is 6.26. The van der Waals surface area contributed by atoms with E-state index in [2.05, 4.69) is 26.0 Å². The number of ether oxygens (including phenoxy) is 1. The number of aryl methyl sites for hydroxylation is 1. The zero-order valence-electron chi connectivity index (χ0n) is 17.5. The fraction of sp³-hybridized carbons (Fsp3) is 0.125. The quantitative estimate of drug-likeness (QED) is 0.260. The van der Waals surface area contributed by atoms with Gasteiger partial charge in [0.05, 0.1) is 17.9 Å². The molecule has 0 fully saturated rings. The van der Waals surface area contributed by atoms with Gasteiger partial charge in [0.2, 0.25) is 0 Å².